The van der Waals surface area contributed by atoms with Crippen molar-refractivity contribution >= 4 is 22.8 Å². The predicted molar refractivity (Wildman–Crippen MR) is 109 cm³/mol. The van der Waals surface area contributed by atoms with E-state index in [1.807, 2.05) is 24.3 Å². The van der Waals surface area contributed by atoms with Crippen molar-refractivity contribution in [2.75, 3.05) is 0 Å². The van der Waals surface area contributed by atoms with E-state index in [2.05, 4.69) is 15.3 Å². The maximum absolute atomic E-state index is 12.7. The molecule has 2 aromatic heterocycles. The number of nitrogens with one attached hydrogen (secondary N) is 3. The number of carboxylic acids is 1. The average molecular weight is 393 g/mol. The highest BCUT2D eigenvalue weighted by molar-refractivity contribution is 5.96. The minimum atomic E-state index is -1.14. The van der Waals surface area contributed by atoms with Gasteiger partial charge in [0.1, 0.15) is 11.6 Å². The van der Waals surface area contributed by atoms with Crippen LogP contribution in [0.4, 0.5) is 0 Å². The van der Waals surface area contributed by atoms with E-state index in [4.69, 9.17) is 0 Å². The molecule has 4 rings (SSSR count). The van der Waals surface area contributed by atoms with Gasteiger partial charge >= 0.3 is 5.97 Å². The third-order valence-electron chi connectivity index (χ3n) is 5.54. The van der Waals surface area contributed by atoms with Crippen molar-refractivity contribution in [2.45, 2.75) is 44.6 Å². The summed E-state index contributed by atoms with van der Waals surface area (Å²) >= 11 is 0. The van der Waals surface area contributed by atoms with Gasteiger partial charge in [0.15, 0.2) is 0 Å². The van der Waals surface area contributed by atoms with Crippen molar-refractivity contribution in [3.8, 4) is 0 Å². The third kappa shape index (κ3) is 3.94. The van der Waals surface area contributed by atoms with Crippen LogP contribution in [-0.4, -0.2) is 33.0 Å². The monoisotopic (exact) mass is 393 g/mol. The molecular weight excluding hydrogens is 370 g/mol. The Labute approximate surface area is 167 Å². The summed E-state index contributed by atoms with van der Waals surface area (Å²) in [6.45, 7) is 0. The lowest BCUT2D eigenvalue weighted by Crippen LogP contribution is -2.44. The van der Waals surface area contributed by atoms with Gasteiger partial charge < -0.3 is 20.4 Å². The molecule has 0 spiro atoms. The summed E-state index contributed by atoms with van der Waals surface area (Å²) in [6.07, 6.45) is 6.59. The standard InChI is InChI=1S/C22H23N3O4/c26-20-16(10-13-6-2-1-3-8-17(13)24-20)21(27)25-19(22(28)29)11-14-12-23-18-9-5-4-7-15(14)18/h4-5,7,9-10,12,19,23H,1-3,6,8,11H2,(H,24,26)(H,25,27)(H,28,29). The minimum Gasteiger partial charge on any atom is -0.480 e. The number of carboxylic acid groups (broad SMARTS) is 1. The first-order valence-electron chi connectivity index (χ1n) is 9.86. The highest BCUT2D eigenvalue weighted by Gasteiger charge is 2.24. The first kappa shape index (κ1) is 19.0. The number of benzene rings is 1. The highest BCUT2D eigenvalue weighted by atomic mass is 16.4. The van der Waals surface area contributed by atoms with E-state index in [1.165, 1.54) is 0 Å². The van der Waals surface area contributed by atoms with Gasteiger partial charge in [0, 0.05) is 29.2 Å². The molecule has 1 aliphatic rings. The highest BCUT2D eigenvalue weighted by Crippen LogP contribution is 2.20. The summed E-state index contributed by atoms with van der Waals surface area (Å²) in [5, 5.41) is 13.1. The topological polar surface area (TPSA) is 115 Å². The van der Waals surface area contributed by atoms with Crippen molar-refractivity contribution in [1.82, 2.24) is 15.3 Å². The number of aromatic nitrogens is 2. The Morgan fingerprint density at radius 3 is 2.76 bits per heavy atom. The van der Waals surface area contributed by atoms with E-state index in [0.29, 0.717) is 0 Å². The number of aliphatic carboxylic acids is 1. The van der Waals surface area contributed by atoms with Gasteiger partial charge in [-0.2, -0.15) is 0 Å². The maximum atomic E-state index is 12.7. The summed E-state index contributed by atoms with van der Waals surface area (Å²) in [5.41, 5.74) is 3.05. The zero-order chi connectivity index (χ0) is 20.4. The molecule has 7 nitrogen and oxygen atoms in total. The number of hydrogen-bond acceptors (Lipinski definition) is 3. The normalized spacial score (nSPS) is 14.8. The van der Waals surface area contributed by atoms with Gasteiger partial charge in [-0.1, -0.05) is 24.6 Å². The molecule has 1 aliphatic carbocycles. The number of carbonyl (C=O) groups excluding carboxylic acids is 1. The molecule has 7 heteroatoms. The van der Waals surface area contributed by atoms with E-state index in [9.17, 15) is 19.5 Å². The summed E-state index contributed by atoms with van der Waals surface area (Å²) in [7, 11) is 0. The van der Waals surface area contributed by atoms with Crippen LogP contribution in [0.25, 0.3) is 10.9 Å². The summed E-state index contributed by atoms with van der Waals surface area (Å²) < 4.78 is 0. The molecule has 0 bridgehead atoms. The predicted octanol–water partition coefficient (Wildman–Crippen LogP) is 2.55. The number of fused-ring (bicyclic) bond motifs is 2. The second kappa shape index (κ2) is 7.95. The van der Waals surface area contributed by atoms with E-state index >= 15 is 0 Å². The molecule has 1 aromatic carbocycles. The van der Waals surface area contributed by atoms with Crippen molar-refractivity contribution in [3.05, 3.63) is 69.3 Å². The zero-order valence-electron chi connectivity index (χ0n) is 16.0. The molecule has 0 radical (unpaired) electrons. The van der Waals surface area contributed by atoms with E-state index in [-0.39, 0.29) is 12.0 Å². The SMILES string of the molecule is O=C(NC(Cc1c[nH]c2ccccc12)C(=O)O)c1cc2c([nH]c1=O)CCCCC2. The Kier molecular flexibility index (Phi) is 5.20. The Morgan fingerprint density at radius 2 is 1.93 bits per heavy atom. The fourth-order valence-electron chi connectivity index (χ4n) is 3.98. The number of aromatic amines is 2. The Bertz CT molecular complexity index is 1130. The largest absolute Gasteiger partial charge is 0.480 e. The van der Waals surface area contributed by atoms with Crippen molar-refractivity contribution in [2.24, 2.45) is 0 Å². The second-order valence-corrected chi connectivity index (χ2v) is 7.50. The third-order valence-corrected chi connectivity index (χ3v) is 5.54. The van der Waals surface area contributed by atoms with Gasteiger partial charge in [0.25, 0.3) is 11.5 Å². The number of carbonyl (C=O) groups is 2. The van der Waals surface area contributed by atoms with Crippen LogP contribution in [0.1, 0.15) is 46.4 Å². The molecule has 29 heavy (non-hydrogen) atoms. The molecule has 150 valence electrons. The molecule has 0 saturated carbocycles. The molecule has 4 N–H and O–H groups in total. The van der Waals surface area contributed by atoms with Crippen LogP contribution in [0.5, 0.6) is 0 Å². The van der Waals surface area contributed by atoms with Crippen LogP contribution in [-0.2, 0) is 24.1 Å². The fourth-order valence-corrected chi connectivity index (χ4v) is 3.98. The molecule has 2 heterocycles. The minimum absolute atomic E-state index is 0.0316. The second-order valence-electron chi connectivity index (χ2n) is 7.50. The first-order chi connectivity index (χ1) is 14.0. The van der Waals surface area contributed by atoms with E-state index in [0.717, 1.165) is 59.8 Å². The molecule has 1 amide bonds. The summed E-state index contributed by atoms with van der Waals surface area (Å²) in [5.74, 6) is -1.81. The van der Waals surface area contributed by atoms with E-state index < -0.39 is 23.5 Å². The fraction of sp³-hybridized carbons (Fsp3) is 0.318. The molecule has 1 unspecified atom stereocenters. The summed E-state index contributed by atoms with van der Waals surface area (Å²) in [6, 6.07) is 8.06. The number of para-hydroxylation sites is 1. The first-order valence-corrected chi connectivity index (χ1v) is 9.86. The van der Waals surface area contributed by atoms with Crippen molar-refractivity contribution in [3.63, 3.8) is 0 Å². The van der Waals surface area contributed by atoms with Gasteiger partial charge in [0.05, 0.1) is 0 Å². The van der Waals surface area contributed by atoms with Crippen LogP contribution in [0.3, 0.4) is 0 Å². The van der Waals surface area contributed by atoms with Gasteiger partial charge in [0.2, 0.25) is 0 Å². The number of aryl methyl sites for hydroxylation is 2. The lowest BCUT2D eigenvalue weighted by atomic mass is 10.0. The molecule has 0 fully saturated rings. The van der Waals surface area contributed by atoms with Gasteiger partial charge in [-0.3, -0.25) is 9.59 Å². The Hall–Kier alpha value is -3.35. The molecular formula is C22H23N3O4. The van der Waals surface area contributed by atoms with E-state index in [1.54, 1.807) is 12.3 Å². The maximum Gasteiger partial charge on any atom is 0.326 e. The Morgan fingerprint density at radius 1 is 1.14 bits per heavy atom. The Balaban J connectivity index is 1.57. The molecule has 1 atom stereocenters. The number of pyridine rings is 1. The number of H-pyrrole nitrogens is 2. The van der Waals surface area contributed by atoms with Gasteiger partial charge in [-0.15, -0.1) is 0 Å². The number of hydrogen-bond donors (Lipinski definition) is 4. The average Bonchev–Trinajstić information content (AvgIpc) is 2.96. The van der Waals surface area contributed by atoms with Crippen molar-refractivity contribution < 1.29 is 14.7 Å². The van der Waals surface area contributed by atoms with Crippen LogP contribution >= 0.6 is 0 Å². The molecule has 0 aliphatic heterocycles. The summed E-state index contributed by atoms with van der Waals surface area (Å²) in [4.78, 5) is 42.9. The van der Waals surface area contributed by atoms with Crippen LogP contribution in [0, 0.1) is 0 Å². The molecule has 0 saturated heterocycles. The van der Waals surface area contributed by atoms with Crippen LogP contribution < -0.4 is 10.9 Å². The van der Waals surface area contributed by atoms with Gasteiger partial charge in [-0.25, -0.2) is 4.79 Å². The smallest absolute Gasteiger partial charge is 0.326 e. The van der Waals surface area contributed by atoms with Gasteiger partial charge in [-0.05, 0) is 48.9 Å². The lowest BCUT2D eigenvalue weighted by molar-refractivity contribution is -0.139. The molecule has 3 aromatic rings. The van der Waals surface area contributed by atoms with Crippen molar-refractivity contribution in [1.29, 1.82) is 0 Å². The zero-order valence-corrected chi connectivity index (χ0v) is 16.0. The van der Waals surface area contributed by atoms with Crippen LogP contribution in [0.2, 0.25) is 0 Å². The van der Waals surface area contributed by atoms with Crippen LogP contribution in [0.15, 0.2) is 41.3 Å². The quantitative estimate of drug-likeness (QED) is 0.499. The number of amides is 1. The number of rotatable bonds is 5. The lowest BCUT2D eigenvalue weighted by Gasteiger charge is -2.15.